The van der Waals surface area contributed by atoms with E-state index in [0.29, 0.717) is 17.6 Å². The molecule has 3 N–H and O–H groups in total. The van der Waals surface area contributed by atoms with Gasteiger partial charge in [0.05, 0.1) is 0 Å². The van der Waals surface area contributed by atoms with Crippen molar-refractivity contribution in [1.82, 2.24) is 5.32 Å². The highest BCUT2D eigenvalue weighted by Crippen LogP contribution is 2.01. The van der Waals surface area contributed by atoms with Crippen molar-refractivity contribution in [3.05, 3.63) is 65.7 Å². The van der Waals surface area contributed by atoms with Crippen LogP contribution in [0.4, 0.5) is 0 Å². The molecule has 19 heavy (non-hydrogen) atoms. The molecule has 0 atom stereocenters. The summed E-state index contributed by atoms with van der Waals surface area (Å²) in [7, 11) is -1.57. The second kappa shape index (κ2) is 6.18. The number of rotatable bonds is 4. The number of carbonyl (C=O) groups excluding carboxylic acids is 1. The van der Waals surface area contributed by atoms with Crippen LogP contribution < -0.4 is 10.8 Å². The first-order chi connectivity index (χ1) is 9.16. The van der Waals surface area contributed by atoms with E-state index < -0.39 is 7.12 Å². The zero-order valence-electron chi connectivity index (χ0n) is 10.3. The average molecular weight is 255 g/mol. The highest BCUT2D eigenvalue weighted by Gasteiger charge is 2.13. The Morgan fingerprint density at radius 3 is 2.47 bits per heavy atom. The van der Waals surface area contributed by atoms with Gasteiger partial charge in [-0.1, -0.05) is 42.5 Å². The lowest BCUT2D eigenvalue weighted by Crippen LogP contribution is -2.31. The van der Waals surface area contributed by atoms with Crippen LogP contribution in [0.3, 0.4) is 0 Å². The minimum Gasteiger partial charge on any atom is -0.423 e. The van der Waals surface area contributed by atoms with Gasteiger partial charge in [-0.3, -0.25) is 4.79 Å². The predicted octanol–water partition coefficient (Wildman–Crippen LogP) is 0.296. The Hall–Kier alpha value is -2.11. The van der Waals surface area contributed by atoms with E-state index in [0.717, 1.165) is 5.56 Å². The van der Waals surface area contributed by atoms with Gasteiger partial charge in [0.2, 0.25) is 0 Å². The van der Waals surface area contributed by atoms with Crippen molar-refractivity contribution in [1.29, 1.82) is 0 Å². The molecule has 0 saturated heterocycles. The first-order valence-corrected chi connectivity index (χ1v) is 5.95. The van der Waals surface area contributed by atoms with Crippen molar-refractivity contribution in [3.8, 4) is 0 Å². The monoisotopic (exact) mass is 255 g/mol. The predicted molar refractivity (Wildman–Crippen MR) is 73.9 cm³/mol. The number of hydrogen-bond acceptors (Lipinski definition) is 3. The van der Waals surface area contributed by atoms with Gasteiger partial charge >= 0.3 is 7.12 Å². The van der Waals surface area contributed by atoms with Crippen molar-refractivity contribution < 1.29 is 14.8 Å². The van der Waals surface area contributed by atoms with Crippen LogP contribution in [0, 0.1) is 0 Å². The van der Waals surface area contributed by atoms with E-state index in [-0.39, 0.29) is 5.91 Å². The van der Waals surface area contributed by atoms with Crippen LogP contribution in [0.1, 0.15) is 15.9 Å². The average Bonchev–Trinajstić information content (AvgIpc) is 2.46. The summed E-state index contributed by atoms with van der Waals surface area (Å²) in [6.45, 7) is 0.436. The summed E-state index contributed by atoms with van der Waals surface area (Å²) in [6, 6.07) is 15.8. The number of benzene rings is 2. The zero-order valence-corrected chi connectivity index (χ0v) is 10.3. The molecule has 0 bridgehead atoms. The van der Waals surface area contributed by atoms with Crippen molar-refractivity contribution in [2.45, 2.75) is 6.54 Å². The fourth-order valence-corrected chi connectivity index (χ4v) is 1.72. The second-order valence-electron chi connectivity index (χ2n) is 4.17. The molecule has 0 aliphatic rings. The van der Waals surface area contributed by atoms with E-state index >= 15 is 0 Å². The summed E-state index contributed by atoms with van der Waals surface area (Å²) in [5, 5.41) is 20.9. The third kappa shape index (κ3) is 3.68. The highest BCUT2D eigenvalue weighted by molar-refractivity contribution is 6.58. The zero-order chi connectivity index (χ0) is 13.7. The summed E-state index contributed by atoms with van der Waals surface area (Å²) in [6.07, 6.45) is 0. The molecule has 0 spiro atoms. The Bertz CT molecular complexity index is 558. The second-order valence-corrected chi connectivity index (χ2v) is 4.17. The van der Waals surface area contributed by atoms with Gasteiger partial charge in [0.1, 0.15) is 0 Å². The van der Waals surface area contributed by atoms with Crippen molar-refractivity contribution in [2.75, 3.05) is 0 Å². The van der Waals surface area contributed by atoms with E-state index in [4.69, 9.17) is 10.0 Å². The molecule has 0 aliphatic heterocycles. The lowest BCUT2D eigenvalue weighted by atomic mass is 9.79. The number of nitrogens with one attached hydrogen (secondary N) is 1. The summed E-state index contributed by atoms with van der Waals surface area (Å²) in [5.41, 5.74) is 1.71. The lowest BCUT2D eigenvalue weighted by Gasteiger charge is -2.07. The lowest BCUT2D eigenvalue weighted by molar-refractivity contribution is 0.0951. The molecule has 2 rings (SSSR count). The van der Waals surface area contributed by atoms with Crippen LogP contribution in [0.2, 0.25) is 0 Å². The largest absolute Gasteiger partial charge is 0.488 e. The van der Waals surface area contributed by atoms with Gasteiger partial charge in [-0.2, -0.15) is 0 Å². The Morgan fingerprint density at radius 2 is 1.79 bits per heavy atom. The molecule has 0 aromatic heterocycles. The van der Waals surface area contributed by atoms with E-state index in [2.05, 4.69) is 5.32 Å². The molecule has 0 fully saturated rings. The third-order valence-corrected chi connectivity index (χ3v) is 2.74. The highest BCUT2D eigenvalue weighted by atomic mass is 16.4. The van der Waals surface area contributed by atoms with Gasteiger partial charge in [-0.05, 0) is 23.2 Å². The van der Waals surface area contributed by atoms with Crippen LogP contribution in [0.25, 0.3) is 0 Å². The quantitative estimate of drug-likeness (QED) is 0.688. The van der Waals surface area contributed by atoms with Crippen molar-refractivity contribution in [3.63, 3.8) is 0 Å². The fraction of sp³-hybridized carbons (Fsp3) is 0.0714. The molecule has 2 aromatic carbocycles. The molecule has 2 aromatic rings. The van der Waals surface area contributed by atoms with Crippen LogP contribution in [0.5, 0.6) is 0 Å². The van der Waals surface area contributed by atoms with Crippen molar-refractivity contribution in [2.24, 2.45) is 0 Å². The Labute approximate surface area is 111 Å². The van der Waals surface area contributed by atoms with Gasteiger partial charge in [-0.15, -0.1) is 0 Å². The fourth-order valence-electron chi connectivity index (χ4n) is 1.72. The summed E-state index contributed by atoms with van der Waals surface area (Å²) in [5.74, 6) is -0.244. The maximum Gasteiger partial charge on any atom is 0.488 e. The molecular weight excluding hydrogens is 241 g/mol. The molecule has 0 saturated carbocycles. The van der Waals surface area contributed by atoms with E-state index in [1.165, 1.54) is 6.07 Å². The standard InChI is InChI=1S/C14H14BNO3/c17-14(16-10-11-5-2-1-3-6-11)12-7-4-8-13(9-12)15(18)19/h1-9,18-19H,10H2,(H,16,17). The smallest absolute Gasteiger partial charge is 0.423 e. The van der Waals surface area contributed by atoms with Crippen molar-refractivity contribution >= 4 is 18.5 Å². The summed E-state index contributed by atoms with van der Waals surface area (Å²) < 4.78 is 0. The number of amides is 1. The van der Waals surface area contributed by atoms with E-state index in [1.807, 2.05) is 30.3 Å². The SMILES string of the molecule is O=C(NCc1ccccc1)c1cccc(B(O)O)c1. The van der Waals surface area contributed by atoms with E-state index in [1.54, 1.807) is 18.2 Å². The molecule has 0 unspecified atom stereocenters. The van der Waals surface area contributed by atoms with Crippen LogP contribution in [0.15, 0.2) is 54.6 Å². The molecule has 0 radical (unpaired) electrons. The molecular formula is C14H14BNO3. The maximum absolute atomic E-state index is 11.9. The molecule has 1 amide bonds. The Kier molecular flexibility index (Phi) is 4.33. The van der Waals surface area contributed by atoms with Gasteiger partial charge in [0.15, 0.2) is 0 Å². The number of carbonyl (C=O) groups is 1. The first-order valence-electron chi connectivity index (χ1n) is 5.95. The topological polar surface area (TPSA) is 69.6 Å². The first kappa shape index (κ1) is 13.3. The minimum atomic E-state index is -1.57. The van der Waals surface area contributed by atoms with Gasteiger partial charge < -0.3 is 15.4 Å². The minimum absolute atomic E-state index is 0.244. The summed E-state index contributed by atoms with van der Waals surface area (Å²) in [4.78, 5) is 11.9. The van der Waals surface area contributed by atoms with E-state index in [9.17, 15) is 4.79 Å². The van der Waals surface area contributed by atoms with Gasteiger partial charge in [0.25, 0.3) is 5.91 Å². The molecule has 4 nitrogen and oxygen atoms in total. The molecule has 0 aliphatic carbocycles. The van der Waals surface area contributed by atoms with Gasteiger partial charge in [-0.25, -0.2) is 0 Å². The Balaban J connectivity index is 2.02. The van der Waals surface area contributed by atoms with Gasteiger partial charge in [0, 0.05) is 12.1 Å². The molecule has 5 heteroatoms. The normalized spacial score (nSPS) is 10.0. The van der Waals surface area contributed by atoms with Crippen LogP contribution >= 0.6 is 0 Å². The molecule has 96 valence electrons. The Morgan fingerprint density at radius 1 is 1.05 bits per heavy atom. The third-order valence-electron chi connectivity index (χ3n) is 2.74. The van der Waals surface area contributed by atoms with Crippen LogP contribution in [-0.4, -0.2) is 23.1 Å². The maximum atomic E-state index is 11.9. The number of hydrogen-bond donors (Lipinski definition) is 3. The van der Waals surface area contributed by atoms with Crippen LogP contribution in [-0.2, 0) is 6.54 Å². The molecule has 0 heterocycles. The summed E-state index contributed by atoms with van der Waals surface area (Å²) >= 11 is 0.